The van der Waals surface area contributed by atoms with Gasteiger partial charge in [-0.15, -0.1) is 0 Å². The van der Waals surface area contributed by atoms with E-state index in [0.29, 0.717) is 0 Å². The Morgan fingerprint density at radius 1 is 1.21 bits per heavy atom. The molecule has 1 aromatic rings. The Morgan fingerprint density at radius 3 is 2.47 bits per heavy atom. The fourth-order valence-corrected chi connectivity index (χ4v) is 2.53. The first-order valence-electron chi connectivity index (χ1n) is 7.20. The lowest BCUT2D eigenvalue weighted by Crippen LogP contribution is -2.53. The Balaban J connectivity index is 1.99. The highest BCUT2D eigenvalue weighted by Crippen LogP contribution is 2.22. The van der Waals surface area contributed by atoms with Crippen LogP contribution in [0.25, 0.3) is 0 Å². The highest BCUT2D eigenvalue weighted by Gasteiger charge is 2.25. The summed E-state index contributed by atoms with van der Waals surface area (Å²) < 4.78 is 0. The zero-order chi connectivity index (χ0) is 13.9. The maximum absolute atomic E-state index is 4.33. The molecule has 0 atom stereocenters. The third kappa shape index (κ3) is 3.60. The van der Waals surface area contributed by atoms with Crippen molar-refractivity contribution in [2.24, 2.45) is 0 Å². The number of nitrogens with zero attached hydrogens (tertiary/aromatic N) is 3. The van der Waals surface area contributed by atoms with Gasteiger partial charge >= 0.3 is 0 Å². The molecule has 0 aromatic carbocycles. The van der Waals surface area contributed by atoms with E-state index in [-0.39, 0.29) is 5.54 Å². The van der Waals surface area contributed by atoms with Crippen LogP contribution in [0.1, 0.15) is 27.7 Å². The summed E-state index contributed by atoms with van der Waals surface area (Å²) in [5, 5.41) is 3.27. The minimum atomic E-state index is 0.277. The van der Waals surface area contributed by atoms with E-state index >= 15 is 0 Å². The Morgan fingerprint density at radius 2 is 1.89 bits per heavy atom. The number of rotatable bonds is 3. The number of hydrogen-bond acceptors (Lipinski definition) is 4. The molecule has 1 aromatic heterocycles. The lowest BCUT2D eigenvalue weighted by atomic mass is 10.0. The first-order valence-corrected chi connectivity index (χ1v) is 7.20. The van der Waals surface area contributed by atoms with Crippen LogP contribution >= 0.6 is 0 Å². The quantitative estimate of drug-likeness (QED) is 0.906. The zero-order valence-corrected chi connectivity index (χ0v) is 12.6. The lowest BCUT2D eigenvalue weighted by Gasteiger charge is -2.43. The van der Waals surface area contributed by atoms with Gasteiger partial charge in [-0.3, -0.25) is 4.90 Å². The average Bonchev–Trinajstić information content (AvgIpc) is 2.39. The van der Waals surface area contributed by atoms with Gasteiger partial charge in [-0.25, -0.2) is 4.98 Å². The molecule has 4 heteroatoms. The number of anilines is 2. The molecule has 1 aliphatic rings. The van der Waals surface area contributed by atoms with E-state index in [4.69, 9.17) is 0 Å². The molecule has 0 radical (unpaired) electrons. The van der Waals surface area contributed by atoms with Crippen LogP contribution in [0.5, 0.6) is 0 Å². The minimum Gasteiger partial charge on any atom is -0.370 e. The predicted octanol–water partition coefficient (Wildman–Crippen LogP) is 2.43. The topological polar surface area (TPSA) is 31.4 Å². The van der Waals surface area contributed by atoms with E-state index < -0.39 is 0 Å². The van der Waals surface area contributed by atoms with Crippen LogP contribution in [0.3, 0.4) is 0 Å². The molecule has 1 N–H and O–H groups in total. The molecule has 1 saturated heterocycles. The van der Waals surface area contributed by atoms with Gasteiger partial charge < -0.3 is 10.2 Å². The predicted molar refractivity (Wildman–Crippen MR) is 81.9 cm³/mol. The molecule has 0 aliphatic carbocycles. The number of hydrogen-bond donors (Lipinski definition) is 1. The third-order valence-electron chi connectivity index (χ3n) is 3.69. The fourth-order valence-electron chi connectivity index (χ4n) is 2.53. The van der Waals surface area contributed by atoms with Crippen molar-refractivity contribution in [1.29, 1.82) is 0 Å². The van der Waals surface area contributed by atoms with Crippen LogP contribution in [-0.4, -0.2) is 48.1 Å². The van der Waals surface area contributed by atoms with Crippen molar-refractivity contribution in [2.45, 2.75) is 33.2 Å². The van der Waals surface area contributed by atoms with Crippen molar-refractivity contribution in [1.82, 2.24) is 9.88 Å². The summed E-state index contributed by atoms with van der Waals surface area (Å²) in [6.07, 6.45) is 1.89. The second-order valence-electron chi connectivity index (χ2n) is 6.07. The first-order chi connectivity index (χ1) is 9.00. The summed E-state index contributed by atoms with van der Waals surface area (Å²) in [7, 11) is 0. The monoisotopic (exact) mass is 262 g/mol. The van der Waals surface area contributed by atoms with Crippen molar-refractivity contribution in [2.75, 3.05) is 42.9 Å². The molecule has 19 heavy (non-hydrogen) atoms. The van der Waals surface area contributed by atoms with Crippen molar-refractivity contribution < 1.29 is 0 Å². The van der Waals surface area contributed by atoms with Crippen LogP contribution in [0.4, 0.5) is 11.5 Å². The van der Waals surface area contributed by atoms with Gasteiger partial charge in [0.1, 0.15) is 5.82 Å². The smallest absolute Gasteiger partial charge is 0.127 e. The van der Waals surface area contributed by atoms with Crippen LogP contribution in [0.2, 0.25) is 0 Å². The highest BCUT2D eigenvalue weighted by atomic mass is 15.3. The van der Waals surface area contributed by atoms with E-state index in [9.17, 15) is 0 Å². The molecule has 1 fully saturated rings. The largest absolute Gasteiger partial charge is 0.370 e. The average molecular weight is 262 g/mol. The van der Waals surface area contributed by atoms with Gasteiger partial charge in [-0.1, -0.05) is 0 Å². The third-order valence-corrected chi connectivity index (χ3v) is 3.69. The molecule has 2 rings (SSSR count). The molecule has 0 bridgehead atoms. The molecule has 0 spiro atoms. The van der Waals surface area contributed by atoms with Gasteiger partial charge in [0.05, 0.1) is 0 Å². The van der Waals surface area contributed by atoms with E-state index in [1.807, 2.05) is 6.20 Å². The normalized spacial score (nSPS) is 17.6. The van der Waals surface area contributed by atoms with Crippen LogP contribution in [0.15, 0.2) is 18.3 Å². The maximum atomic E-state index is 4.33. The van der Waals surface area contributed by atoms with Gasteiger partial charge in [-0.2, -0.15) is 0 Å². The van der Waals surface area contributed by atoms with Crippen molar-refractivity contribution >= 4 is 11.5 Å². The summed E-state index contributed by atoms with van der Waals surface area (Å²) in [5.74, 6) is 0.971. The number of piperazine rings is 1. The second kappa shape index (κ2) is 5.78. The van der Waals surface area contributed by atoms with Gasteiger partial charge in [0, 0.05) is 56.2 Å². The van der Waals surface area contributed by atoms with Crippen LogP contribution in [-0.2, 0) is 0 Å². The summed E-state index contributed by atoms with van der Waals surface area (Å²) >= 11 is 0. The first kappa shape index (κ1) is 14.1. The van der Waals surface area contributed by atoms with Gasteiger partial charge in [0.15, 0.2) is 0 Å². The van der Waals surface area contributed by atoms with Gasteiger partial charge in [-0.05, 0) is 33.8 Å². The van der Waals surface area contributed by atoms with Crippen LogP contribution in [0, 0.1) is 0 Å². The molecule has 0 unspecified atom stereocenters. The maximum Gasteiger partial charge on any atom is 0.127 e. The lowest BCUT2D eigenvalue weighted by molar-refractivity contribution is 0.128. The molecular weight excluding hydrogens is 236 g/mol. The van der Waals surface area contributed by atoms with Crippen molar-refractivity contribution in [3.8, 4) is 0 Å². The molecule has 2 heterocycles. The van der Waals surface area contributed by atoms with E-state index in [2.05, 4.69) is 59.9 Å². The summed E-state index contributed by atoms with van der Waals surface area (Å²) in [5.41, 5.74) is 1.55. The fraction of sp³-hybridized carbons (Fsp3) is 0.667. The Kier molecular flexibility index (Phi) is 4.30. The van der Waals surface area contributed by atoms with E-state index in [1.165, 1.54) is 5.69 Å². The molecule has 1 aliphatic heterocycles. The number of nitrogens with one attached hydrogen (secondary N) is 1. The van der Waals surface area contributed by atoms with Crippen molar-refractivity contribution in [3.63, 3.8) is 0 Å². The standard InChI is InChI=1S/C15H26N4/c1-5-16-14-12-13(6-7-17-14)18-8-10-19(11-9-18)15(2,3)4/h6-7,12H,5,8-11H2,1-4H3,(H,16,17). The molecular formula is C15H26N4. The number of aromatic nitrogens is 1. The molecule has 0 amide bonds. The Bertz CT molecular complexity index is 403. The summed E-state index contributed by atoms with van der Waals surface area (Å²) in [4.78, 5) is 9.33. The zero-order valence-electron chi connectivity index (χ0n) is 12.6. The van der Waals surface area contributed by atoms with Crippen molar-refractivity contribution in [3.05, 3.63) is 18.3 Å². The van der Waals surface area contributed by atoms with E-state index in [1.54, 1.807) is 0 Å². The number of pyridine rings is 1. The minimum absolute atomic E-state index is 0.277. The highest BCUT2D eigenvalue weighted by molar-refractivity contribution is 5.54. The summed E-state index contributed by atoms with van der Waals surface area (Å²) in [6, 6.07) is 4.25. The molecule has 0 saturated carbocycles. The Labute approximate surface area is 116 Å². The second-order valence-corrected chi connectivity index (χ2v) is 6.07. The van der Waals surface area contributed by atoms with Gasteiger partial charge in [0.25, 0.3) is 0 Å². The van der Waals surface area contributed by atoms with E-state index in [0.717, 1.165) is 38.5 Å². The summed E-state index contributed by atoms with van der Waals surface area (Å²) in [6.45, 7) is 14.3. The SMILES string of the molecule is CCNc1cc(N2CCN(C(C)(C)C)CC2)ccn1. The van der Waals surface area contributed by atoms with Gasteiger partial charge in [0.2, 0.25) is 0 Å². The molecule has 106 valence electrons. The Hall–Kier alpha value is -1.29. The van der Waals surface area contributed by atoms with Crippen LogP contribution < -0.4 is 10.2 Å². The molecule has 4 nitrogen and oxygen atoms in total.